The van der Waals surface area contributed by atoms with Gasteiger partial charge in [0.1, 0.15) is 5.60 Å². The first-order valence-electron chi connectivity index (χ1n) is 9.41. The second-order valence-corrected chi connectivity index (χ2v) is 11.0. The molecule has 0 saturated carbocycles. The second-order valence-electron chi connectivity index (χ2n) is 8.39. The summed E-state index contributed by atoms with van der Waals surface area (Å²) in [5, 5.41) is 0.132. The molecular formula is C21H26N2O3S. The minimum absolute atomic E-state index is 0.132. The van der Waals surface area contributed by atoms with E-state index in [4.69, 9.17) is 4.74 Å². The van der Waals surface area contributed by atoms with E-state index in [2.05, 4.69) is 34.1 Å². The molecule has 6 heteroatoms. The second kappa shape index (κ2) is 6.31. The van der Waals surface area contributed by atoms with Crippen molar-refractivity contribution in [3.63, 3.8) is 0 Å². The summed E-state index contributed by atoms with van der Waals surface area (Å²) >= 11 is 0. The summed E-state index contributed by atoms with van der Waals surface area (Å²) in [6.45, 7) is 7.27. The standard InChI is InChI=1S/C21H26N2O3S/c1-20(2,3)27(24,25)19-9-8-17(14-22-19)23-12-13-26-21(15-23)11-10-16-6-4-5-7-18(16)21/h4-9,14H,10-13,15H2,1-3H3. The maximum Gasteiger partial charge on any atom is 0.200 e. The number of fused-ring (bicyclic) bond motifs is 2. The molecule has 2 heterocycles. The number of aromatic nitrogens is 1. The Balaban J connectivity index is 1.60. The number of aryl methyl sites for hydroxylation is 1. The van der Waals surface area contributed by atoms with Gasteiger partial charge in [0, 0.05) is 6.54 Å². The van der Waals surface area contributed by atoms with Gasteiger partial charge in [0.25, 0.3) is 0 Å². The smallest absolute Gasteiger partial charge is 0.200 e. The van der Waals surface area contributed by atoms with Gasteiger partial charge in [-0.3, -0.25) is 0 Å². The van der Waals surface area contributed by atoms with Crippen LogP contribution in [0.5, 0.6) is 0 Å². The summed E-state index contributed by atoms with van der Waals surface area (Å²) in [6, 6.07) is 12.0. The molecule has 1 saturated heterocycles. The third kappa shape index (κ3) is 3.05. The molecule has 1 unspecified atom stereocenters. The Kier molecular flexibility index (Phi) is 4.31. The molecule has 0 radical (unpaired) electrons. The maximum absolute atomic E-state index is 12.6. The van der Waals surface area contributed by atoms with Crippen molar-refractivity contribution in [1.82, 2.24) is 4.98 Å². The molecule has 1 atom stereocenters. The fraction of sp³-hybridized carbons (Fsp3) is 0.476. The molecule has 2 aromatic rings. The van der Waals surface area contributed by atoms with Gasteiger partial charge < -0.3 is 9.64 Å². The van der Waals surface area contributed by atoms with E-state index in [1.807, 2.05) is 6.07 Å². The SMILES string of the molecule is CC(C)(C)S(=O)(=O)c1ccc(N2CCOC3(CCc4ccccc43)C2)cn1. The third-order valence-electron chi connectivity index (χ3n) is 5.66. The molecule has 4 rings (SSSR count). The molecule has 5 nitrogen and oxygen atoms in total. The first-order valence-corrected chi connectivity index (χ1v) is 10.9. The topological polar surface area (TPSA) is 59.5 Å². The molecule has 0 N–H and O–H groups in total. The summed E-state index contributed by atoms with van der Waals surface area (Å²) in [6.07, 6.45) is 3.69. The van der Waals surface area contributed by atoms with E-state index in [0.29, 0.717) is 6.61 Å². The van der Waals surface area contributed by atoms with E-state index in [0.717, 1.165) is 31.6 Å². The van der Waals surface area contributed by atoms with Gasteiger partial charge in [-0.1, -0.05) is 24.3 Å². The molecule has 144 valence electrons. The number of morpholine rings is 1. The summed E-state index contributed by atoms with van der Waals surface area (Å²) in [7, 11) is -3.44. The predicted octanol–water partition coefficient (Wildman–Crippen LogP) is 3.33. The van der Waals surface area contributed by atoms with Gasteiger partial charge in [0.2, 0.25) is 0 Å². The lowest BCUT2D eigenvalue weighted by Gasteiger charge is -2.42. The van der Waals surface area contributed by atoms with Crippen LogP contribution in [0.1, 0.15) is 38.3 Å². The minimum atomic E-state index is -3.44. The first-order chi connectivity index (χ1) is 12.7. The number of rotatable bonds is 2. The van der Waals surface area contributed by atoms with E-state index < -0.39 is 14.6 Å². The van der Waals surface area contributed by atoms with Crippen LogP contribution >= 0.6 is 0 Å². The molecule has 0 bridgehead atoms. The van der Waals surface area contributed by atoms with Crippen molar-refractivity contribution in [2.24, 2.45) is 0 Å². The van der Waals surface area contributed by atoms with E-state index in [1.54, 1.807) is 33.0 Å². The van der Waals surface area contributed by atoms with Crippen molar-refractivity contribution >= 4 is 15.5 Å². The highest BCUT2D eigenvalue weighted by molar-refractivity contribution is 7.92. The monoisotopic (exact) mass is 386 g/mol. The Morgan fingerprint density at radius 3 is 2.63 bits per heavy atom. The van der Waals surface area contributed by atoms with Crippen LogP contribution in [0.2, 0.25) is 0 Å². The average Bonchev–Trinajstić information content (AvgIpc) is 2.99. The number of nitrogens with zero attached hydrogens (tertiary/aromatic N) is 2. The van der Waals surface area contributed by atoms with Crippen LogP contribution in [0.25, 0.3) is 0 Å². The van der Waals surface area contributed by atoms with Crippen LogP contribution in [0.15, 0.2) is 47.6 Å². The zero-order valence-electron chi connectivity index (χ0n) is 16.1. The van der Waals surface area contributed by atoms with Crippen molar-refractivity contribution in [3.8, 4) is 0 Å². The van der Waals surface area contributed by atoms with Crippen molar-refractivity contribution in [2.75, 3.05) is 24.6 Å². The van der Waals surface area contributed by atoms with Crippen LogP contribution in [0.4, 0.5) is 5.69 Å². The fourth-order valence-corrected chi connectivity index (χ4v) is 5.07. The van der Waals surface area contributed by atoms with Gasteiger partial charge in [-0.15, -0.1) is 0 Å². The molecule has 1 aliphatic heterocycles. The van der Waals surface area contributed by atoms with E-state index >= 15 is 0 Å². The summed E-state index contributed by atoms with van der Waals surface area (Å²) in [5.74, 6) is 0. The summed E-state index contributed by atoms with van der Waals surface area (Å²) in [5.41, 5.74) is 3.32. The first kappa shape index (κ1) is 18.4. The number of hydrogen-bond acceptors (Lipinski definition) is 5. The number of anilines is 1. The zero-order chi connectivity index (χ0) is 19.3. The van der Waals surface area contributed by atoms with Crippen molar-refractivity contribution < 1.29 is 13.2 Å². The lowest BCUT2D eigenvalue weighted by Crippen LogP contribution is -2.49. The number of benzene rings is 1. The van der Waals surface area contributed by atoms with Gasteiger partial charge in [0.15, 0.2) is 14.9 Å². The molecule has 1 aromatic carbocycles. The van der Waals surface area contributed by atoms with Crippen molar-refractivity contribution in [2.45, 2.75) is 49.0 Å². The van der Waals surface area contributed by atoms with Gasteiger partial charge in [0.05, 0.1) is 29.8 Å². The summed E-state index contributed by atoms with van der Waals surface area (Å²) < 4.78 is 30.6. The molecule has 1 spiro atoms. The predicted molar refractivity (Wildman–Crippen MR) is 106 cm³/mol. The van der Waals surface area contributed by atoms with Gasteiger partial charge in [-0.2, -0.15) is 0 Å². The Bertz CT molecular complexity index is 944. The Morgan fingerprint density at radius 2 is 1.93 bits per heavy atom. The highest BCUT2D eigenvalue weighted by Gasteiger charge is 2.43. The number of hydrogen-bond donors (Lipinski definition) is 0. The molecule has 1 aromatic heterocycles. The zero-order valence-corrected chi connectivity index (χ0v) is 16.9. The van der Waals surface area contributed by atoms with Gasteiger partial charge in [-0.25, -0.2) is 13.4 Å². The number of ether oxygens (including phenoxy) is 1. The molecule has 1 fully saturated rings. The van der Waals surface area contributed by atoms with Gasteiger partial charge in [-0.05, 0) is 56.9 Å². The van der Waals surface area contributed by atoms with E-state index in [-0.39, 0.29) is 10.6 Å². The quantitative estimate of drug-likeness (QED) is 0.792. The van der Waals surface area contributed by atoms with Gasteiger partial charge >= 0.3 is 0 Å². The Hall–Kier alpha value is -1.92. The number of sulfone groups is 1. The number of pyridine rings is 1. The van der Waals surface area contributed by atoms with Crippen LogP contribution in [0.3, 0.4) is 0 Å². The minimum Gasteiger partial charge on any atom is -0.367 e. The normalized spacial score (nSPS) is 22.9. The fourth-order valence-electron chi connectivity index (χ4n) is 4.01. The lowest BCUT2D eigenvalue weighted by molar-refractivity contribution is -0.0592. The maximum atomic E-state index is 12.6. The molecule has 27 heavy (non-hydrogen) atoms. The van der Waals surface area contributed by atoms with Crippen LogP contribution in [-0.2, 0) is 26.6 Å². The largest absolute Gasteiger partial charge is 0.367 e. The summed E-state index contributed by atoms with van der Waals surface area (Å²) in [4.78, 5) is 6.54. The molecule has 1 aliphatic carbocycles. The molecular weight excluding hydrogens is 360 g/mol. The highest BCUT2D eigenvalue weighted by atomic mass is 32.2. The van der Waals surface area contributed by atoms with E-state index in [1.165, 1.54) is 11.1 Å². The van der Waals surface area contributed by atoms with Crippen LogP contribution < -0.4 is 4.90 Å². The Labute approximate surface area is 161 Å². The average molecular weight is 387 g/mol. The molecule has 2 aliphatic rings. The van der Waals surface area contributed by atoms with Crippen LogP contribution in [-0.4, -0.2) is 37.8 Å². The Morgan fingerprint density at radius 1 is 1.15 bits per heavy atom. The lowest BCUT2D eigenvalue weighted by atomic mass is 9.93. The van der Waals surface area contributed by atoms with Crippen molar-refractivity contribution in [1.29, 1.82) is 0 Å². The highest BCUT2D eigenvalue weighted by Crippen LogP contribution is 2.42. The van der Waals surface area contributed by atoms with Crippen molar-refractivity contribution in [3.05, 3.63) is 53.7 Å². The van der Waals surface area contributed by atoms with Crippen LogP contribution in [0, 0.1) is 0 Å². The van der Waals surface area contributed by atoms with E-state index in [9.17, 15) is 8.42 Å². The molecule has 0 amide bonds. The third-order valence-corrected chi connectivity index (χ3v) is 8.06.